The molecular weight excluding hydrogens is 340 g/mol. The Hall–Kier alpha value is -3.75. The van der Waals surface area contributed by atoms with E-state index >= 15 is 0 Å². The molecule has 0 radical (unpaired) electrons. The van der Waals surface area contributed by atoms with Crippen LogP contribution in [0.1, 0.15) is 5.56 Å². The maximum absolute atomic E-state index is 11.8. The summed E-state index contributed by atoms with van der Waals surface area (Å²) in [5.41, 5.74) is 1.37. The largest absolute Gasteiger partial charge is 0.414 e. The van der Waals surface area contributed by atoms with Crippen LogP contribution < -0.4 is 10.1 Å². The molecule has 0 aliphatic rings. The summed E-state index contributed by atoms with van der Waals surface area (Å²) < 4.78 is 10.1. The summed E-state index contributed by atoms with van der Waals surface area (Å²) in [6.45, 7) is 0.375. The van der Waals surface area contributed by atoms with Crippen LogP contribution in [0, 0.1) is 10.1 Å². The van der Waals surface area contributed by atoms with Crippen molar-refractivity contribution in [3.8, 4) is 17.2 Å². The Morgan fingerprint density at radius 1 is 1.27 bits per heavy atom. The highest BCUT2D eigenvalue weighted by atomic mass is 16.6. The van der Waals surface area contributed by atoms with Gasteiger partial charge in [-0.05, 0) is 23.2 Å². The fourth-order valence-corrected chi connectivity index (χ4v) is 2.20. The van der Waals surface area contributed by atoms with Gasteiger partial charge in [-0.3, -0.25) is 15.1 Å². The molecule has 0 saturated carbocycles. The van der Waals surface area contributed by atoms with Crippen LogP contribution in [0.3, 0.4) is 0 Å². The van der Waals surface area contributed by atoms with E-state index in [2.05, 4.69) is 15.5 Å². The lowest BCUT2D eigenvalue weighted by Crippen LogP contribution is -2.28. The molecule has 2 aromatic heterocycles. The molecule has 2 heterocycles. The van der Waals surface area contributed by atoms with Gasteiger partial charge in [0.05, 0.1) is 11.0 Å². The maximum atomic E-state index is 11.8. The molecule has 1 aromatic carbocycles. The van der Waals surface area contributed by atoms with Gasteiger partial charge in [0, 0.05) is 36.6 Å². The first kappa shape index (κ1) is 17.1. The van der Waals surface area contributed by atoms with Gasteiger partial charge in [0.15, 0.2) is 5.76 Å². The normalized spacial score (nSPS) is 10.3. The lowest BCUT2D eigenvalue weighted by atomic mass is 10.1. The van der Waals surface area contributed by atoms with Crippen molar-refractivity contribution in [2.75, 3.05) is 6.54 Å². The number of rotatable bonds is 6. The number of aromatic nitrogens is 2. The van der Waals surface area contributed by atoms with Crippen molar-refractivity contribution in [2.45, 2.75) is 6.42 Å². The van der Waals surface area contributed by atoms with E-state index in [1.54, 1.807) is 18.5 Å². The van der Waals surface area contributed by atoms with Gasteiger partial charge in [-0.2, -0.15) is 0 Å². The number of nitro groups is 1. The molecule has 132 valence electrons. The van der Waals surface area contributed by atoms with E-state index in [0.717, 1.165) is 5.56 Å². The number of carbonyl (C=O) groups is 1. The number of nitrogens with zero attached hydrogens (tertiary/aromatic N) is 3. The van der Waals surface area contributed by atoms with Gasteiger partial charge in [-0.15, -0.1) is 0 Å². The number of hydrogen-bond donors (Lipinski definition) is 1. The van der Waals surface area contributed by atoms with Crippen LogP contribution in [0.4, 0.5) is 10.5 Å². The number of amides is 1. The Kier molecular flexibility index (Phi) is 5.18. The van der Waals surface area contributed by atoms with E-state index in [9.17, 15) is 14.9 Å². The Labute approximate surface area is 147 Å². The number of nitrogens with one attached hydrogen (secondary N) is 1. The summed E-state index contributed by atoms with van der Waals surface area (Å²) in [4.78, 5) is 26.1. The number of hydrogen-bond acceptors (Lipinski definition) is 7. The Morgan fingerprint density at radius 3 is 2.92 bits per heavy atom. The van der Waals surface area contributed by atoms with Gasteiger partial charge in [0.1, 0.15) is 0 Å². The highest BCUT2D eigenvalue weighted by molar-refractivity contribution is 5.70. The lowest BCUT2D eigenvalue weighted by Gasteiger charge is -2.03. The molecule has 1 N–H and O–H groups in total. The minimum absolute atomic E-state index is 0.0367. The minimum Gasteiger partial charge on any atom is -0.388 e. The number of pyridine rings is 1. The number of benzene rings is 1. The predicted molar refractivity (Wildman–Crippen MR) is 90.6 cm³/mol. The molecule has 0 saturated heterocycles. The average molecular weight is 354 g/mol. The molecule has 9 nitrogen and oxygen atoms in total. The predicted octanol–water partition coefficient (Wildman–Crippen LogP) is 2.98. The molecule has 26 heavy (non-hydrogen) atoms. The second kappa shape index (κ2) is 7.88. The second-order valence-electron chi connectivity index (χ2n) is 5.26. The van der Waals surface area contributed by atoms with Gasteiger partial charge < -0.3 is 14.6 Å². The summed E-state index contributed by atoms with van der Waals surface area (Å²) in [6, 6.07) is 11.0. The highest BCUT2D eigenvalue weighted by Crippen LogP contribution is 2.26. The van der Waals surface area contributed by atoms with E-state index in [0.29, 0.717) is 18.5 Å². The standard InChI is InChI=1S/C17H14N4O5/c22-17(19-8-6-12-3-2-7-18-11-12)25-16-10-15(26-20-16)13-4-1-5-14(9-13)21(23)24/h1-5,7,9-11H,6,8H2,(H,19,22). The Bertz CT molecular complexity index is 910. The third-order valence-electron chi connectivity index (χ3n) is 3.43. The van der Waals surface area contributed by atoms with Gasteiger partial charge in [-0.1, -0.05) is 18.2 Å². The first-order valence-electron chi connectivity index (χ1n) is 7.68. The Balaban J connectivity index is 1.55. The fourth-order valence-electron chi connectivity index (χ4n) is 2.20. The molecule has 3 rings (SSSR count). The highest BCUT2D eigenvalue weighted by Gasteiger charge is 2.14. The van der Waals surface area contributed by atoms with Crippen LogP contribution in [-0.2, 0) is 6.42 Å². The van der Waals surface area contributed by atoms with Gasteiger partial charge in [-0.25, -0.2) is 4.79 Å². The summed E-state index contributed by atoms with van der Waals surface area (Å²) in [7, 11) is 0. The van der Waals surface area contributed by atoms with Crippen molar-refractivity contribution in [1.82, 2.24) is 15.5 Å². The van der Waals surface area contributed by atoms with Gasteiger partial charge >= 0.3 is 6.09 Å². The molecule has 0 atom stereocenters. The molecule has 0 bridgehead atoms. The average Bonchev–Trinajstić information content (AvgIpc) is 3.11. The summed E-state index contributed by atoms with van der Waals surface area (Å²) in [6.07, 6.45) is 3.33. The molecule has 0 spiro atoms. The van der Waals surface area contributed by atoms with Crippen molar-refractivity contribution >= 4 is 11.8 Å². The van der Waals surface area contributed by atoms with E-state index in [4.69, 9.17) is 9.26 Å². The summed E-state index contributed by atoms with van der Waals surface area (Å²) >= 11 is 0. The second-order valence-corrected chi connectivity index (χ2v) is 5.26. The molecule has 3 aromatic rings. The first-order chi connectivity index (χ1) is 12.6. The van der Waals surface area contributed by atoms with Crippen molar-refractivity contribution in [2.24, 2.45) is 0 Å². The summed E-state index contributed by atoms with van der Waals surface area (Å²) in [5, 5.41) is 17.0. The van der Waals surface area contributed by atoms with Crippen molar-refractivity contribution in [3.63, 3.8) is 0 Å². The van der Waals surface area contributed by atoms with E-state index < -0.39 is 11.0 Å². The van der Waals surface area contributed by atoms with Crippen molar-refractivity contribution < 1.29 is 19.0 Å². The van der Waals surface area contributed by atoms with E-state index in [-0.39, 0.29) is 17.3 Å². The van der Waals surface area contributed by atoms with Crippen molar-refractivity contribution in [1.29, 1.82) is 0 Å². The number of non-ortho nitro benzene ring substituents is 1. The third kappa shape index (κ3) is 4.41. The van der Waals surface area contributed by atoms with Gasteiger partial charge in [0.25, 0.3) is 11.6 Å². The molecule has 1 amide bonds. The topological polar surface area (TPSA) is 120 Å². The monoisotopic (exact) mass is 354 g/mol. The van der Waals surface area contributed by atoms with E-state index in [1.807, 2.05) is 12.1 Å². The molecule has 0 fully saturated rings. The molecule has 0 aliphatic heterocycles. The molecule has 9 heteroatoms. The van der Waals surface area contributed by atoms with Crippen molar-refractivity contribution in [3.05, 3.63) is 70.5 Å². The SMILES string of the molecule is O=C(NCCc1cccnc1)Oc1cc(-c2cccc([N+](=O)[O-])c2)on1. The number of ether oxygens (including phenoxy) is 1. The minimum atomic E-state index is -0.673. The van der Waals surface area contributed by atoms with Gasteiger partial charge in [0.2, 0.25) is 0 Å². The lowest BCUT2D eigenvalue weighted by molar-refractivity contribution is -0.384. The molecular formula is C17H14N4O5. The number of nitro benzene ring substituents is 1. The quantitative estimate of drug-likeness (QED) is 0.533. The maximum Gasteiger partial charge on any atom is 0.414 e. The number of carbonyl (C=O) groups excluding carboxylic acids is 1. The molecule has 0 unspecified atom stereocenters. The smallest absolute Gasteiger partial charge is 0.388 e. The zero-order chi connectivity index (χ0) is 18.4. The van der Waals surface area contributed by atoms with Crippen LogP contribution >= 0.6 is 0 Å². The summed E-state index contributed by atoms with van der Waals surface area (Å²) in [5.74, 6) is 0.220. The zero-order valence-electron chi connectivity index (χ0n) is 13.5. The Morgan fingerprint density at radius 2 is 2.15 bits per heavy atom. The van der Waals surface area contributed by atoms with Crippen LogP contribution in [0.2, 0.25) is 0 Å². The van der Waals surface area contributed by atoms with Crippen LogP contribution in [0.15, 0.2) is 59.4 Å². The zero-order valence-corrected chi connectivity index (χ0v) is 13.5. The van der Waals surface area contributed by atoms with Crippen LogP contribution in [0.25, 0.3) is 11.3 Å². The molecule has 0 aliphatic carbocycles. The van der Waals surface area contributed by atoms with Crippen LogP contribution in [-0.4, -0.2) is 27.7 Å². The first-order valence-corrected chi connectivity index (χ1v) is 7.68. The fraction of sp³-hybridized carbons (Fsp3) is 0.118. The van der Waals surface area contributed by atoms with E-state index in [1.165, 1.54) is 24.3 Å². The third-order valence-corrected chi connectivity index (χ3v) is 3.43. The van der Waals surface area contributed by atoms with Crippen LogP contribution in [0.5, 0.6) is 5.88 Å².